The summed E-state index contributed by atoms with van der Waals surface area (Å²) in [6.07, 6.45) is 5.64. The van der Waals surface area contributed by atoms with Gasteiger partial charge in [-0.05, 0) is 23.6 Å². The first-order valence-corrected chi connectivity index (χ1v) is 9.63. The normalized spacial score (nSPS) is 14.6. The zero-order chi connectivity index (χ0) is 18.6. The lowest BCUT2D eigenvalue weighted by Crippen LogP contribution is -2.43. The Hall–Kier alpha value is -2.73. The summed E-state index contributed by atoms with van der Waals surface area (Å²) in [6.45, 7) is 6.50. The lowest BCUT2D eigenvalue weighted by Gasteiger charge is -2.29. The zero-order valence-corrected chi connectivity index (χ0v) is 15.7. The summed E-state index contributed by atoms with van der Waals surface area (Å²) in [4.78, 5) is 24.0. The van der Waals surface area contributed by atoms with E-state index in [-0.39, 0.29) is 5.56 Å². The minimum atomic E-state index is -0.0931. The number of hydrogen-bond donors (Lipinski definition) is 1. The van der Waals surface area contributed by atoms with Crippen LogP contribution in [-0.2, 0) is 13.0 Å². The summed E-state index contributed by atoms with van der Waals surface area (Å²) in [6, 6.07) is 10.4. The summed E-state index contributed by atoms with van der Waals surface area (Å²) in [7, 11) is 0. The highest BCUT2D eigenvalue weighted by molar-refractivity contribution is 5.76. The van der Waals surface area contributed by atoms with Crippen LogP contribution in [0.4, 0.5) is 5.69 Å². The van der Waals surface area contributed by atoms with Crippen molar-refractivity contribution in [2.45, 2.75) is 26.3 Å². The number of aryl methyl sites for hydroxylation is 1. The molecule has 4 rings (SSSR count). The number of aromatic nitrogens is 3. The highest BCUT2D eigenvalue weighted by Crippen LogP contribution is 2.17. The van der Waals surface area contributed by atoms with E-state index in [0.717, 1.165) is 50.3 Å². The Bertz CT molecular complexity index is 974. The molecule has 0 bridgehead atoms. The van der Waals surface area contributed by atoms with Gasteiger partial charge in [0.1, 0.15) is 0 Å². The van der Waals surface area contributed by atoms with E-state index in [2.05, 4.69) is 51.4 Å². The van der Waals surface area contributed by atoms with E-state index in [4.69, 9.17) is 0 Å². The summed E-state index contributed by atoms with van der Waals surface area (Å²) < 4.78 is 1.63. The van der Waals surface area contributed by atoms with Crippen LogP contribution in [0.3, 0.4) is 0 Å². The third kappa shape index (κ3) is 3.85. The highest BCUT2D eigenvalue weighted by Gasteiger charge is 2.13. The van der Waals surface area contributed by atoms with Crippen LogP contribution in [-0.4, -0.2) is 40.7 Å². The predicted molar refractivity (Wildman–Crippen MR) is 108 cm³/mol. The van der Waals surface area contributed by atoms with Gasteiger partial charge in [0.2, 0.25) is 0 Å². The van der Waals surface area contributed by atoms with Crippen molar-refractivity contribution in [1.82, 2.24) is 19.9 Å². The minimum Gasteiger partial charge on any atom is -0.368 e. The van der Waals surface area contributed by atoms with Crippen molar-refractivity contribution in [2.24, 2.45) is 0 Å². The van der Waals surface area contributed by atoms with Crippen molar-refractivity contribution in [3.05, 3.63) is 64.3 Å². The maximum atomic E-state index is 12.8. The molecule has 3 aromatic rings. The van der Waals surface area contributed by atoms with Crippen LogP contribution in [0.25, 0.3) is 11.0 Å². The Labute approximate surface area is 158 Å². The molecule has 2 aromatic heterocycles. The lowest BCUT2D eigenvalue weighted by atomic mass is 10.1. The molecule has 27 heavy (non-hydrogen) atoms. The van der Waals surface area contributed by atoms with E-state index >= 15 is 0 Å². The number of rotatable bonds is 5. The van der Waals surface area contributed by atoms with Gasteiger partial charge in [0.05, 0.1) is 30.3 Å². The van der Waals surface area contributed by atoms with Crippen LogP contribution in [0.15, 0.2) is 47.7 Å². The maximum absolute atomic E-state index is 12.8. The molecular formula is C21H25N5O. The molecule has 0 aliphatic carbocycles. The molecule has 1 aliphatic heterocycles. The molecule has 1 N–H and O–H groups in total. The second-order valence-electron chi connectivity index (χ2n) is 7.04. The van der Waals surface area contributed by atoms with Crippen LogP contribution in [0.2, 0.25) is 0 Å². The van der Waals surface area contributed by atoms with E-state index in [9.17, 15) is 4.79 Å². The molecule has 6 heteroatoms. The van der Waals surface area contributed by atoms with Crippen molar-refractivity contribution in [3.63, 3.8) is 0 Å². The molecule has 3 heterocycles. The Balaban J connectivity index is 1.59. The SMILES string of the molecule is CCCc1ccc(Cn2cnc3cc(N4CCNCC4)cnc3c2=O)cc1. The van der Waals surface area contributed by atoms with E-state index in [1.54, 1.807) is 17.1 Å². The van der Waals surface area contributed by atoms with E-state index in [0.29, 0.717) is 17.6 Å². The third-order valence-corrected chi connectivity index (χ3v) is 5.05. The number of hydrogen-bond acceptors (Lipinski definition) is 5. The third-order valence-electron chi connectivity index (χ3n) is 5.05. The number of nitrogens with one attached hydrogen (secondary N) is 1. The largest absolute Gasteiger partial charge is 0.368 e. The standard InChI is InChI=1S/C21H25N5O/c1-2-3-16-4-6-17(7-5-16)14-26-15-24-19-12-18(13-23-20(19)21(26)27)25-10-8-22-9-11-25/h4-7,12-13,15,22H,2-3,8-11,14H2,1H3. The second-order valence-corrected chi connectivity index (χ2v) is 7.04. The average Bonchev–Trinajstić information content (AvgIpc) is 2.72. The van der Waals surface area contributed by atoms with Crippen LogP contribution < -0.4 is 15.8 Å². The second kappa shape index (κ2) is 7.88. The molecule has 140 valence electrons. The quantitative estimate of drug-likeness (QED) is 0.753. The van der Waals surface area contributed by atoms with Crippen molar-refractivity contribution >= 4 is 16.7 Å². The number of piperazine rings is 1. The smallest absolute Gasteiger partial charge is 0.280 e. The molecule has 0 radical (unpaired) electrons. The number of anilines is 1. The van der Waals surface area contributed by atoms with Crippen LogP contribution in [0.1, 0.15) is 24.5 Å². The summed E-state index contributed by atoms with van der Waals surface area (Å²) in [5.41, 5.74) is 4.44. The fourth-order valence-corrected chi connectivity index (χ4v) is 3.53. The monoisotopic (exact) mass is 363 g/mol. The van der Waals surface area contributed by atoms with Gasteiger partial charge in [-0.3, -0.25) is 9.36 Å². The molecule has 0 saturated carbocycles. The van der Waals surface area contributed by atoms with E-state index in [1.807, 2.05) is 6.07 Å². The lowest BCUT2D eigenvalue weighted by molar-refractivity contribution is 0.589. The molecule has 6 nitrogen and oxygen atoms in total. The minimum absolute atomic E-state index is 0.0931. The van der Waals surface area contributed by atoms with Crippen molar-refractivity contribution < 1.29 is 0 Å². The Morgan fingerprint density at radius 2 is 1.81 bits per heavy atom. The first-order valence-electron chi connectivity index (χ1n) is 9.63. The predicted octanol–water partition coefficient (Wildman–Crippen LogP) is 2.20. The van der Waals surface area contributed by atoms with Crippen LogP contribution in [0, 0.1) is 0 Å². The number of fused-ring (bicyclic) bond motifs is 1. The fourth-order valence-electron chi connectivity index (χ4n) is 3.53. The Kier molecular flexibility index (Phi) is 5.16. The van der Waals surface area contributed by atoms with Gasteiger partial charge in [-0.15, -0.1) is 0 Å². The molecule has 0 amide bonds. The average molecular weight is 363 g/mol. The molecular weight excluding hydrogens is 338 g/mol. The maximum Gasteiger partial charge on any atom is 0.280 e. The van der Waals surface area contributed by atoms with Gasteiger partial charge in [0.15, 0.2) is 5.52 Å². The van der Waals surface area contributed by atoms with Crippen molar-refractivity contribution in [1.29, 1.82) is 0 Å². The topological polar surface area (TPSA) is 63.1 Å². The molecule has 0 atom stereocenters. The summed E-state index contributed by atoms with van der Waals surface area (Å²) >= 11 is 0. The molecule has 0 spiro atoms. The van der Waals surface area contributed by atoms with Gasteiger partial charge >= 0.3 is 0 Å². The fraction of sp³-hybridized carbons (Fsp3) is 0.381. The van der Waals surface area contributed by atoms with Crippen LogP contribution >= 0.6 is 0 Å². The summed E-state index contributed by atoms with van der Waals surface area (Å²) in [5, 5.41) is 3.34. The van der Waals surface area contributed by atoms with Crippen LogP contribution in [0.5, 0.6) is 0 Å². The molecule has 1 aliphatic rings. The van der Waals surface area contributed by atoms with Gasteiger partial charge in [-0.1, -0.05) is 37.6 Å². The van der Waals surface area contributed by atoms with Gasteiger partial charge in [-0.2, -0.15) is 0 Å². The number of nitrogens with zero attached hydrogens (tertiary/aromatic N) is 4. The summed E-state index contributed by atoms with van der Waals surface area (Å²) in [5.74, 6) is 0. The van der Waals surface area contributed by atoms with Gasteiger partial charge in [0.25, 0.3) is 5.56 Å². The van der Waals surface area contributed by atoms with Crippen molar-refractivity contribution in [3.8, 4) is 0 Å². The number of pyridine rings is 1. The highest BCUT2D eigenvalue weighted by atomic mass is 16.1. The zero-order valence-electron chi connectivity index (χ0n) is 15.7. The Morgan fingerprint density at radius 1 is 1.07 bits per heavy atom. The molecule has 1 fully saturated rings. The van der Waals surface area contributed by atoms with Gasteiger partial charge in [-0.25, -0.2) is 9.97 Å². The van der Waals surface area contributed by atoms with E-state index in [1.165, 1.54) is 5.56 Å². The molecule has 1 saturated heterocycles. The molecule has 0 unspecified atom stereocenters. The number of benzene rings is 1. The van der Waals surface area contributed by atoms with Gasteiger partial charge < -0.3 is 10.2 Å². The van der Waals surface area contributed by atoms with Crippen molar-refractivity contribution in [2.75, 3.05) is 31.1 Å². The Morgan fingerprint density at radius 3 is 2.56 bits per heavy atom. The van der Waals surface area contributed by atoms with E-state index < -0.39 is 0 Å². The first kappa shape index (κ1) is 17.7. The van der Waals surface area contributed by atoms with Gasteiger partial charge in [0, 0.05) is 26.2 Å². The molecule has 1 aromatic carbocycles. The first-order chi connectivity index (χ1) is 13.2.